The lowest BCUT2D eigenvalue weighted by molar-refractivity contribution is -0.486. The van der Waals surface area contributed by atoms with Gasteiger partial charge in [0.25, 0.3) is 5.96 Å². The third kappa shape index (κ3) is 4.76. The number of nitrogens with zero attached hydrogens (tertiary/aromatic N) is 5. The monoisotopic (exact) mass is 333 g/mol. The first kappa shape index (κ1) is 17.0. The van der Waals surface area contributed by atoms with E-state index in [9.17, 15) is 19.7 Å². The van der Waals surface area contributed by atoms with Gasteiger partial charge < -0.3 is 0 Å². The summed E-state index contributed by atoms with van der Waals surface area (Å²) in [6.45, 7) is 2.40. The van der Waals surface area contributed by atoms with E-state index in [0.29, 0.717) is 4.88 Å². The maximum Gasteiger partial charge on any atom is 0.287 e. The number of halogens is 1. The number of thiazole rings is 1. The molecule has 0 atom stereocenters. The van der Waals surface area contributed by atoms with Gasteiger partial charge in [-0.3, -0.25) is 19.4 Å². The molecular formula is C10H12ClN5O4S. The van der Waals surface area contributed by atoms with Gasteiger partial charge in [-0.05, 0) is 0 Å². The second kappa shape index (κ2) is 7.09. The molecule has 0 aliphatic rings. The van der Waals surface area contributed by atoms with Crippen LogP contribution in [0.1, 0.15) is 18.7 Å². The van der Waals surface area contributed by atoms with E-state index < -0.39 is 16.8 Å². The first-order chi connectivity index (χ1) is 9.72. The molecule has 0 aromatic carbocycles. The quantitative estimate of drug-likeness (QED) is 0.357. The molecule has 21 heavy (non-hydrogen) atoms. The van der Waals surface area contributed by atoms with Crippen LogP contribution in [0.3, 0.4) is 0 Å². The number of hydrogen-bond acceptors (Lipinski definition) is 6. The fraction of sp³-hybridized carbons (Fsp3) is 0.400. The Morgan fingerprint density at radius 3 is 2.48 bits per heavy atom. The van der Waals surface area contributed by atoms with Crippen LogP contribution in [-0.2, 0) is 16.1 Å². The number of hydrazone groups is 1. The van der Waals surface area contributed by atoms with Gasteiger partial charge in [0.2, 0.25) is 11.8 Å². The molecule has 0 bridgehead atoms. The number of carbonyl (C=O) groups excluding carboxylic acids is 2. The van der Waals surface area contributed by atoms with Crippen LogP contribution < -0.4 is 0 Å². The van der Waals surface area contributed by atoms with Crippen molar-refractivity contribution in [2.45, 2.75) is 20.4 Å². The minimum Gasteiger partial charge on any atom is -0.280 e. The van der Waals surface area contributed by atoms with E-state index in [0.717, 1.165) is 21.1 Å². The zero-order valence-electron chi connectivity index (χ0n) is 11.4. The summed E-state index contributed by atoms with van der Waals surface area (Å²) in [5.41, 5.74) is 0. The molecule has 1 rings (SSSR count). The molecule has 0 unspecified atom stereocenters. The van der Waals surface area contributed by atoms with Gasteiger partial charge in [-0.15, -0.1) is 11.3 Å². The van der Waals surface area contributed by atoms with Gasteiger partial charge in [-0.25, -0.2) is 15.1 Å². The molecule has 0 radical (unpaired) electrons. The highest BCUT2D eigenvalue weighted by atomic mass is 35.5. The Morgan fingerprint density at radius 1 is 1.48 bits per heavy atom. The van der Waals surface area contributed by atoms with Crippen LogP contribution in [0.5, 0.6) is 0 Å². The maximum atomic E-state index is 11.7. The summed E-state index contributed by atoms with van der Waals surface area (Å²) in [6, 6.07) is 0. The fourth-order valence-corrected chi connectivity index (χ4v) is 2.32. The Kier molecular flexibility index (Phi) is 5.73. The largest absolute Gasteiger partial charge is 0.287 e. The van der Waals surface area contributed by atoms with Gasteiger partial charge >= 0.3 is 0 Å². The van der Waals surface area contributed by atoms with Crippen LogP contribution in [0, 0.1) is 10.1 Å². The van der Waals surface area contributed by atoms with Crippen molar-refractivity contribution in [2.75, 3.05) is 7.05 Å². The van der Waals surface area contributed by atoms with Crippen LogP contribution in [0.4, 0.5) is 0 Å². The molecule has 1 heterocycles. The van der Waals surface area contributed by atoms with E-state index in [1.807, 2.05) is 0 Å². The van der Waals surface area contributed by atoms with Gasteiger partial charge in [-0.2, -0.15) is 0 Å². The van der Waals surface area contributed by atoms with Crippen molar-refractivity contribution in [1.29, 1.82) is 0 Å². The van der Waals surface area contributed by atoms with Gasteiger partial charge in [0.1, 0.15) is 5.10 Å². The van der Waals surface area contributed by atoms with Crippen LogP contribution >= 0.6 is 22.9 Å². The lowest BCUT2D eigenvalue weighted by atomic mass is 10.4. The molecule has 11 heteroatoms. The molecule has 0 fully saturated rings. The van der Waals surface area contributed by atoms with Crippen LogP contribution in [0.25, 0.3) is 0 Å². The molecular weight excluding hydrogens is 322 g/mol. The summed E-state index contributed by atoms with van der Waals surface area (Å²) >= 11 is 6.82. The van der Waals surface area contributed by atoms with E-state index in [4.69, 9.17) is 11.6 Å². The minimum atomic E-state index is -0.968. The van der Waals surface area contributed by atoms with E-state index in [1.165, 1.54) is 27.1 Å². The van der Waals surface area contributed by atoms with E-state index in [-0.39, 0.29) is 17.0 Å². The highest BCUT2D eigenvalue weighted by molar-refractivity contribution is 7.15. The van der Waals surface area contributed by atoms with Gasteiger partial charge in [-0.1, -0.05) is 11.6 Å². The molecule has 9 nitrogen and oxygen atoms in total. The van der Waals surface area contributed by atoms with Crippen molar-refractivity contribution in [1.82, 2.24) is 14.8 Å². The SMILES string of the molecule is CC(=O)N(C)C(=N[N+](=O)[O-])N(Cc1cnc(Cl)s1)C(C)=O. The second-order valence-electron chi connectivity index (χ2n) is 3.90. The average Bonchev–Trinajstić information content (AvgIpc) is 2.77. The predicted molar refractivity (Wildman–Crippen MR) is 76.2 cm³/mol. The molecule has 1 aromatic heterocycles. The Morgan fingerprint density at radius 2 is 2.10 bits per heavy atom. The second-order valence-corrected chi connectivity index (χ2v) is 5.60. The smallest absolute Gasteiger partial charge is 0.280 e. The summed E-state index contributed by atoms with van der Waals surface area (Å²) in [5.74, 6) is -1.37. The summed E-state index contributed by atoms with van der Waals surface area (Å²) in [5, 5.41) is 12.8. The van der Waals surface area contributed by atoms with Crippen molar-refractivity contribution >= 4 is 40.7 Å². The van der Waals surface area contributed by atoms with E-state index >= 15 is 0 Å². The van der Waals surface area contributed by atoms with Gasteiger partial charge in [0.05, 0.1) is 6.54 Å². The number of aromatic nitrogens is 1. The van der Waals surface area contributed by atoms with Crippen LogP contribution in [0.2, 0.25) is 4.47 Å². The number of hydrogen-bond donors (Lipinski definition) is 0. The highest BCUT2D eigenvalue weighted by Gasteiger charge is 2.26. The Labute approximate surface area is 129 Å². The maximum absolute atomic E-state index is 11.7. The normalized spacial score (nSPS) is 11.1. The van der Waals surface area contributed by atoms with Crippen molar-refractivity contribution < 1.29 is 14.6 Å². The number of amides is 2. The van der Waals surface area contributed by atoms with Crippen molar-refractivity contribution in [2.24, 2.45) is 5.10 Å². The van der Waals surface area contributed by atoms with Crippen LogP contribution in [0.15, 0.2) is 11.3 Å². The number of nitro groups is 1. The summed E-state index contributed by atoms with van der Waals surface area (Å²) in [6.07, 6.45) is 1.44. The summed E-state index contributed by atoms with van der Waals surface area (Å²) in [7, 11) is 1.29. The summed E-state index contributed by atoms with van der Waals surface area (Å²) < 4.78 is 0.279. The van der Waals surface area contributed by atoms with Crippen molar-refractivity contribution in [3.8, 4) is 0 Å². The topological polar surface area (TPSA) is 109 Å². The lowest BCUT2D eigenvalue weighted by Crippen LogP contribution is -2.46. The Bertz CT molecular complexity index is 602. The number of rotatable bonds is 3. The fourth-order valence-electron chi connectivity index (χ4n) is 1.35. The number of guanidine groups is 1. The average molecular weight is 334 g/mol. The van der Waals surface area contributed by atoms with Gasteiger partial charge in [0.15, 0.2) is 9.50 Å². The third-order valence-corrected chi connectivity index (χ3v) is 3.50. The van der Waals surface area contributed by atoms with E-state index in [2.05, 4.69) is 10.1 Å². The molecule has 0 saturated carbocycles. The highest BCUT2D eigenvalue weighted by Crippen LogP contribution is 2.20. The minimum absolute atomic E-state index is 0.0238. The molecule has 0 N–H and O–H groups in total. The zero-order chi connectivity index (χ0) is 16.2. The first-order valence-corrected chi connectivity index (χ1v) is 6.77. The van der Waals surface area contributed by atoms with Crippen molar-refractivity contribution in [3.63, 3.8) is 0 Å². The predicted octanol–water partition coefficient (Wildman–Crippen LogP) is 1.17. The van der Waals surface area contributed by atoms with Crippen molar-refractivity contribution in [3.05, 3.63) is 25.7 Å². The lowest BCUT2D eigenvalue weighted by Gasteiger charge is -2.25. The Balaban J connectivity index is 3.17. The molecule has 0 aliphatic heterocycles. The summed E-state index contributed by atoms with van der Waals surface area (Å²) in [4.78, 5) is 40.1. The molecule has 1 aromatic rings. The van der Waals surface area contributed by atoms with Crippen LogP contribution in [-0.4, -0.2) is 44.6 Å². The molecule has 0 spiro atoms. The molecule has 2 amide bonds. The standard InChI is InChI=1S/C10H12ClN5O4S/c1-6(17)14(3)10(13-16(19)20)15(7(2)18)5-8-4-12-9(11)21-8/h4H,5H2,1-3H3. The Hall–Kier alpha value is -2.07. The third-order valence-electron chi connectivity index (χ3n) is 2.40. The molecule has 114 valence electrons. The number of carbonyl (C=O) groups is 2. The zero-order valence-corrected chi connectivity index (χ0v) is 13.0. The van der Waals surface area contributed by atoms with E-state index in [1.54, 1.807) is 0 Å². The molecule has 0 aliphatic carbocycles. The first-order valence-electron chi connectivity index (χ1n) is 5.58. The molecule has 0 saturated heterocycles. The van der Waals surface area contributed by atoms with Gasteiger partial charge in [0, 0.05) is 32.0 Å².